The summed E-state index contributed by atoms with van der Waals surface area (Å²) in [5.74, 6) is -0.672. The second-order valence-corrected chi connectivity index (χ2v) is 5.87. The maximum Gasteiger partial charge on any atom is 0.172 e. The number of fused-ring (bicyclic) bond motifs is 2. The first-order valence-corrected chi connectivity index (χ1v) is 6.25. The molecular weight excluding hydrogens is 216 g/mol. The lowest BCUT2D eigenvalue weighted by Gasteiger charge is -2.48. The van der Waals surface area contributed by atoms with Crippen molar-refractivity contribution in [3.63, 3.8) is 0 Å². The van der Waals surface area contributed by atoms with Gasteiger partial charge in [0, 0.05) is 11.8 Å². The second kappa shape index (κ2) is 3.77. The zero-order valence-electron chi connectivity index (χ0n) is 10.9. The lowest BCUT2D eigenvalue weighted by Crippen LogP contribution is -2.58. The van der Waals surface area contributed by atoms with Crippen LogP contribution in [-0.2, 0) is 9.59 Å². The van der Waals surface area contributed by atoms with Gasteiger partial charge in [-0.15, -0.1) is 0 Å². The molecule has 3 rings (SSSR count). The zero-order chi connectivity index (χ0) is 13.0. The third-order valence-corrected chi connectivity index (χ3v) is 4.36. The van der Waals surface area contributed by atoms with Gasteiger partial charge in [-0.1, -0.05) is 25.5 Å². The summed E-state index contributed by atoms with van der Waals surface area (Å²) in [6, 6.07) is 0. The summed E-state index contributed by atoms with van der Waals surface area (Å²) in [5, 5.41) is 10.2. The summed E-state index contributed by atoms with van der Waals surface area (Å²) in [4.78, 5) is 23.9. The number of carbonyl (C=O) groups is 2. The zero-order valence-corrected chi connectivity index (χ0v) is 10.9. The van der Waals surface area contributed by atoms with E-state index in [9.17, 15) is 14.7 Å². The summed E-state index contributed by atoms with van der Waals surface area (Å²) < 4.78 is 0. The highest BCUT2D eigenvalue weighted by Gasteiger charge is 2.55. The van der Waals surface area contributed by atoms with E-state index in [1.807, 2.05) is 19.9 Å². The van der Waals surface area contributed by atoms with Crippen molar-refractivity contribution in [2.24, 2.45) is 23.7 Å². The Morgan fingerprint density at radius 1 is 1.53 bits per heavy atom. The highest BCUT2D eigenvalue weighted by molar-refractivity contribution is 5.98. The van der Waals surface area contributed by atoms with E-state index in [0.717, 1.165) is 5.57 Å². The third kappa shape index (κ3) is 1.68. The van der Waals surface area contributed by atoms with Gasteiger partial charge in [0.1, 0.15) is 11.4 Å². The van der Waals surface area contributed by atoms with Crippen molar-refractivity contribution in [1.29, 1.82) is 0 Å². The standard InChI is InChI=1S/C14H20O3/c1-7(2)10-5-9-6-11(8(3)15)12(10)13(16)14(9,4)17/h5,7,9,11-12,17H,6H2,1-4H3/t9-,11-,12+,14+/m0/s1. The van der Waals surface area contributed by atoms with Crippen molar-refractivity contribution in [3.05, 3.63) is 11.6 Å². The minimum absolute atomic E-state index is 0.0649. The molecule has 0 unspecified atom stereocenters. The minimum atomic E-state index is -1.28. The lowest BCUT2D eigenvalue weighted by atomic mass is 9.56. The average molecular weight is 236 g/mol. The molecule has 0 spiro atoms. The van der Waals surface area contributed by atoms with Gasteiger partial charge in [-0.3, -0.25) is 9.59 Å². The topological polar surface area (TPSA) is 54.4 Å². The summed E-state index contributed by atoms with van der Waals surface area (Å²) >= 11 is 0. The SMILES string of the molecule is CC(=O)[C@@H]1C[C@@H]2C=C(C(C)C)[C@H]1C(=O)[C@]2(C)O. The Hall–Kier alpha value is -0.960. The maximum atomic E-state index is 12.3. The lowest BCUT2D eigenvalue weighted by molar-refractivity contribution is -0.156. The molecule has 1 saturated carbocycles. The van der Waals surface area contributed by atoms with Crippen LogP contribution in [-0.4, -0.2) is 22.3 Å². The number of ketones is 2. The Bertz CT molecular complexity index is 404. The normalized spacial score (nSPS) is 40.7. The van der Waals surface area contributed by atoms with Crippen LogP contribution in [0.25, 0.3) is 0 Å². The molecule has 0 aromatic rings. The second-order valence-electron chi connectivity index (χ2n) is 5.87. The van der Waals surface area contributed by atoms with Gasteiger partial charge in [-0.2, -0.15) is 0 Å². The molecule has 3 heteroatoms. The molecule has 0 heterocycles. The summed E-state index contributed by atoms with van der Waals surface area (Å²) in [6.07, 6.45) is 2.63. The van der Waals surface area contributed by atoms with E-state index in [4.69, 9.17) is 0 Å². The highest BCUT2D eigenvalue weighted by atomic mass is 16.3. The fourth-order valence-corrected chi connectivity index (χ4v) is 3.22. The van der Waals surface area contributed by atoms with Crippen molar-refractivity contribution in [1.82, 2.24) is 0 Å². The van der Waals surface area contributed by atoms with Crippen LogP contribution < -0.4 is 0 Å². The smallest absolute Gasteiger partial charge is 0.172 e. The quantitative estimate of drug-likeness (QED) is 0.743. The first-order chi connectivity index (χ1) is 7.76. The molecule has 0 radical (unpaired) electrons. The van der Waals surface area contributed by atoms with Gasteiger partial charge in [0.2, 0.25) is 0 Å². The summed E-state index contributed by atoms with van der Waals surface area (Å²) in [5.41, 5.74) is -0.243. The molecule has 0 aliphatic heterocycles. The van der Waals surface area contributed by atoms with Gasteiger partial charge in [-0.05, 0) is 26.2 Å². The van der Waals surface area contributed by atoms with E-state index in [1.54, 1.807) is 13.8 Å². The van der Waals surface area contributed by atoms with Gasteiger partial charge >= 0.3 is 0 Å². The number of allylic oxidation sites excluding steroid dienone is 1. The molecule has 94 valence electrons. The van der Waals surface area contributed by atoms with E-state index in [2.05, 4.69) is 0 Å². The molecule has 0 aromatic carbocycles. The van der Waals surface area contributed by atoms with E-state index in [1.165, 1.54) is 0 Å². The summed E-state index contributed by atoms with van der Waals surface area (Å²) in [7, 11) is 0. The first kappa shape index (κ1) is 12.5. The molecule has 1 fully saturated rings. The Labute approximate surface area is 102 Å². The molecular formula is C14H20O3. The van der Waals surface area contributed by atoms with Gasteiger partial charge in [0.05, 0.1) is 5.92 Å². The van der Waals surface area contributed by atoms with E-state index in [0.29, 0.717) is 6.42 Å². The highest BCUT2D eigenvalue weighted by Crippen LogP contribution is 2.49. The number of hydrogen-bond donors (Lipinski definition) is 1. The molecule has 2 bridgehead atoms. The molecule has 0 amide bonds. The molecule has 3 nitrogen and oxygen atoms in total. The molecule has 17 heavy (non-hydrogen) atoms. The van der Waals surface area contributed by atoms with Gasteiger partial charge in [0.15, 0.2) is 5.78 Å². The molecule has 3 aliphatic carbocycles. The molecule has 0 aromatic heterocycles. The first-order valence-electron chi connectivity index (χ1n) is 6.25. The molecule has 3 aliphatic rings. The number of hydrogen-bond acceptors (Lipinski definition) is 3. The Morgan fingerprint density at radius 2 is 2.12 bits per heavy atom. The van der Waals surface area contributed by atoms with Crippen molar-refractivity contribution in [2.45, 2.75) is 39.7 Å². The van der Waals surface area contributed by atoms with Gasteiger partial charge in [-0.25, -0.2) is 0 Å². The van der Waals surface area contributed by atoms with Crippen molar-refractivity contribution in [3.8, 4) is 0 Å². The summed E-state index contributed by atoms with van der Waals surface area (Å²) in [6.45, 7) is 7.19. The predicted molar refractivity (Wildman–Crippen MR) is 64.3 cm³/mol. The predicted octanol–water partition coefficient (Wildman–Crippen LogP) is 1.74. The number of rotatable bonds is 2. The van der Waals surface area contributed by atoms with Crippen molar-refractivity contribution in [2.75, 3.05) is 0 Å². The fraction of sp³-hybridized carbons (Fsp3) is 0.714. The largest absolute Gasteiger partial charge is 0.382 e. The van der Waals surface area contributed by atoms with Crippen molar-refractivity contribution >= 4 is 11.6 Å². The van der Waals surface area contributed by atoms with Crippen LogP contribution in [0, 0.1) is 23.7 Å². The van der Waals surface area contributed by atoms with Crippen molar-refractivity contribution < 1.29 is 14.7 Å². The number of Topliss-reactive ketones (excluding diaryl/α,β-unsaturated/α-hetero) is 2. The van der Waals surface area contributed by atoms with Crippen LogP contribution in [0.2, 0.25) is 0 Å². The number of aliphatic hydroxyl groups is 1. The van der Waals surface area contributed by atoms with E-state index < -0.39 is 11.5 Å². The van der Waals surface area contributed by atoms with E-state index in [-0.39, 0.29) is 29.3 Å². The van der Waals surface area contributed by atoms with E-state index >= 15 is 0 Å². The Kier molecular flexibility index (Phi) is 2.77. The molecule has 1 N–H and O–H groups in total. The minimum Gasteiger partial charge on any atom is -0.382 e. The van der Waals surface area contributed by atoms with Crippen LogP contribution in [0.4, 0.5) is 0 Å². The Morgan fingerprint density at radius 3 is 2.53 bits per heavy atom. The van der Waals surface area contributed by atoms with Crippen LogP contribution in [0.5, 0.6) is 0 Å². The fourth-order valence-electron chi connectivity index (χ4n) is 3.22. The molecule has 0 saturated heterocycles. The van der Waals surface area contributed by atoms with Crippen LogP contribution in [0.3, 0.4) is 0 Å². The average Bonchev–Trinajstić information content (AvgIpc) is 2.23. The Balaban J connectivity index is 2.49. The third-order valence-electron chi connectivity index (χ3n) is 4.36. The molecule has 4 atom stereocenters. The monoisotopic (exact) mass is 236 g/mol. The van der Waals surface area contributed by atoms with Gasteiger partial charge in [0.25, 0.3) is 0 Å². The van der Waals surface area contributed by atoms with Crippen LogP contribution >= 0.6 is 0 Å². The number of carbonyl (C=O) groups excluding carboxylic acids is 2. The van der Waals surface area contributed by atoms with Gasteiger partial charge < -0.3 is 5.11 Å². The maximum absolute atomic E-state index is 12.3. The van der Waals surface area contributed by atoms with Crippen LogP contribution in [0.1, 0.15) is 34.1 Å². The van der Waals surface area contributed by atoms with Crippen LogP contribution in [0.15, 0.2) is 11.6 Å².